The van der Waals surface area contributed by atoms with Gasteiger partial charge in [0.1, 0.15) is 23.4 Å². The molecule has 4 heterocycles. The largest absolute Gasteiger partial charge is 0.383 e. The molecule has 1 aliphatic rings. The van der Waals surface area contributed by atoms with Crippen molar-refractivity contribution in [3.05, 3.63) is 83.7 Å². The minimum Gasteiger partial charge on any atom is -0.383 e. The van der Waals surface area contributed by atoms with Crippen LogP contribution < -0.4 is 10.6 Å². The number of carbonyl (C=O) groups excluding carboxylic acids is 1. The smallest absolute Gasteiger partial charge is 0.320 e. The number of urea groups is 1. The number of pyridine rings is 1. The third kappa shape index (κ3) is 5.96. The van der Waals surface area contributed by atoms with Crippen LogP contribution in [0.1, 0.15) is 23.1 Å². The average molecular weight is 551 g/mol. The van der Waals surface area contributed by atoms with E-state index >= 15 is 0 Å². The molecular weight excluding hydrogens is 522 g/mol. The predicted molar refractivity (Wildman–Crippen MR) is 141 cm³/mol. The first kappa shape index (κ1) is 27.2. The Morgan fingerprint density at radius 1 is 1.12 bits per heavy atom. The van der Waals surface area contributed by atoms with Crippen molar-refractivity contribution in [3.63, 3.8) is 0 Å². The quantitative estimate of drug-likeness (QED) is 0.319. The molecule has 208 valence electrons. The summed E-state index contributed by atoms with van der Waals surface area (Å²) in [5.41, 5.74) is 2.94. The molecule has 1 aliphatic heterocycles. The molecule has 1 fully saturated rings. The first-order chi connectivity index (χ1) is 19.3. The maximum atomic E-state index is 13.9. The molecule has 3 aromatic heterocycles. The van der Waals surface area contributed by atoms with Crippen molar-refractivity contribution >= 4 is 11.8 Å². The number of amides is 2. The minimum atomic E-state index is -0.979. The molecule has 40 heavy (non-hydrogen) atoms. The molecule has 0 aliphatic carbocycles. The second-order valence-electron chi connectivity index (χ2n) is 9.25. The fraction of sp³-hybridized carbons (Fsp3) is 0.296. The van der Waals surface area contributed by atoms with Crippen molar-refractivity contribution in [1.82, 2.24) is 35.1 Å². The van der Waals surface area contributed by atoms with Gasteiger partial charge >= 0.3 is 6.03 Å². The summed E-state index contributed by atoms with van der Waals surface area (Å²) in [6.07, 6.45) is 2.51. The number of methoxy groups -OCH3 is 1. The summed E-state index contributed by atoms with van der Waals surface area (Å²) in [6.45, 7) is 4.65. The van der Waals surface area contributed by atoms with Gasteiger partial charge in [-0.3, -0.25) is 10.2 Å². The Kier molecular flexibility index (Phi) is 8.05. The monoisotopic (exact) mass is 550 g/mol. The zero-order valence-electron chi connectivity index (χ0n) is 22.1. The number of nitrogens with one attached hydrogen (secondary N) is 2. The van der Waals surface area contributed by atoms with Crippen molar-refractivity contribution in [1.29, 1.82) is 0 Å². The van der Waals surface area contributed by atoms with Crippen LogP contribution in [0.4, 0.5) is 19.4 Å². The zero-order valence-corrected chi connectivity index (χ0v) is 22.1. The third-order valence-electron chi connectivity index (χ3n) is 6.41. The number of para-hydroxylation sites is 1. The topological polar surface area (TPSA) is 119 Å². The van der Waals surface area contributed by atoms with E-state index in [1.165, 1.54) is 0 Å². The second kappa shape index (κ2) is 11.8. The molecule has 2 amide bonds. The van der Waals surface area contributed by atoms with Crippen LogP contribution in [0.3, 0.4) is 0 Å². The van der Waals surface area contributed by atoms with E-state index in [0.29, 0.717) is 41.6 Å². The van der Waals surface area contributed by atoms with Gasteiger partial charge in [0.15, 0.2) is 0 Å². The van der Waals surface area contributed by atoms with Crippen LogP contribution in [0.15, 0.2) is 54.9 Å². The Balaban J connectivity index is 1.43. The van der Waals surface area contributed by atoms with E-state index in [1.807, 2.05) is 37.3 Å². The number of hydroxylamine groups is 2. The molecule has 13 heteroatoms. The lowest BCUT2D eigenvalue weighted by Crippen LogP contribution is -2.42. The molecule has 11 nitrogen and oxygen atoms in total. The number of aryl methyl sites for hydroxylation is 1. The van der Waals surface area contributed by atoms with Gasteiger partial charge in [0.25, 0.3) is 0 Å². The average Bonchev–Trinajstić information content (AvgIpc) is 3.48. The molecule has 0 saturated carbocycles. The maximum Gasteiger partial charge on any atom is 0.320 e. The van der Waals surface area contributed by atoms with Gasteiger partial charge in [-0.1, -0.05) is 18.2 Å². The molecule has 0 spiro atoms. The molecule has 0 bridgehead atoms. The van der Waals surface area contributed by atoms with E-state index in [0.717, 1.165) is 17.8 Å². The lowest BCUT2D eigenvalue weighted by Gasteiger charge is -2.19. The Bertz CT molecular complexity index is 1460. The third-order valence-corrected chi connectivity index (χ3v) is 6.41. The van der Waals surface area contributed by atoms with Crippen molar-refractivity contribution in [3.8, 4) is 16.9 Å². The van der Waals surface area contributed by atoms with Gasteiger partial charge in [-0.15, -0.1) is 0 Å². The van der Waals surface area contributed by atoms with E-state index in [9.17, 15) is 13.6 Å². The van der Waals surface area contributed by atoms with Gasteiger partial charge in [-0.05, 0) is 43.7 Å². The van der Waals surface area contributed by atoms with E-state index in [1.54, 1.807) is 36.2 Å². The standard InChI is InChI=1S/C27H28F2N8O3/c1-16-24(19-13-30-17(2)31-14-19)35-37(20-7-5-4-6-8-20)26(16)34-27(38)32-21-15-36(9-10-39-3)40-25(21)18-11-22(28)33-23(29)12-18/h4-8,11-14,21,25H,9-10,15H2,1-3H3,(H2,32,34,38)/t21-,25+/m0/s1. The molecular formula is C27H28F2N8O3. The van der Waals surface area contributed by atoms with Crippen molar-refractivity contribution in [2.45, 2.75) is 26.0 Å². The molecule has 2 atom stereocenters. The van der Waals surface area contributed by atoms with Crippen molar-refractivity contribution < 1.29 is 23.1 Å². The summed E-state index contributed by atoms with van der Waals surface area (Å²) < 4.78 is 34.6. The number of aromatic nitrogens is 5. The first-order valence-corrected chi connectivity index (χ1v) is 12.6. The molecule has 2 N–H and O–H groups in total. The highest BCUT2D eigenvalue weighted by Gasteiger charge is 2.37. The Morgan fingerprint density at radius 3 is 2.50 bits per heavy atom. The Hall–Kier alpha value is -4.33. The van der Waals surface area contributed by atoms with E-state index in [-0.39, 0.29) is 12.1 Å². The summed E-state index contributed by atoms with van der Waals surface area (Å²) in [4.78, 5) is 31.0. The summed E-state index contributed by atoms with van der Waals surface area (Å²) in [5.74, 6) is -0.894. The van der Waals surface area contributed by atoms with Crippen LogP contribution in [0.2, 0.25) is 0 Å². The van der Waals surface area contributed by atoms with Crippen molar-refractivity contribution in [2.75, 3.05) is 32.1 Å². The molecule has 4 aromatic rings. The summed E-state index contributed by atoms with van der Waals surface area (Å²) >= 11 is 0. The summed E-state index contributed by atoms with van der Waals surface area (Å²) in [7, 11) is 1.56. The number of anilines is 1. The predicted octanol–water partition coefficient (Wildman–Crippen LogP) is 3.74. The number of rotatable bonds is 8. The highest BCUT2D eigenvalue weighted by molar-refractivity contribution is 5.91. The van der Waals surface area contributed by atoms with Crippen molar-refractivity contribution in [2.24, 2.45) is 0 Å². The molecule has 0 unspecified atom stereocenters. The van der Waals surface area contributed by atoms with Gasteiger partial charge in [0, 0.05) is 43.7 Å². The van der Waals surface area contributed by atoms with Crippen LogP contribution in [-0.2, 0) is 9.57 Å². The first-order valence-electron chi connectivity index (χ1n) is 12.6. The van der Waals surface area contributed by atoms with Crippen LogP contribution in [0, 0.1) is 25.7 Å². The highest BCUT2D eigenvalue weighted by atomic mass is 19.1. The number of benzene rings is 1. The maximum absolute atomic E-state index is 13.9. The number of ether oxygens (including phenoxy) is 1. The van der Waals surface area contributed by atoms with E-state index in [4.69, 9.17) is 14.7 Å². The van der Waals surface area contributed by atoms with Gasteiger partial charge in [0.2, 0.25) is 11.9 Å². The van der Waals surface area contributed by atoms with Gasteiger partial charge in [-0.2, -0.15) is 23.9 Å². The fourth-order valence-electron chi connectivity index (χ4n) is 4.49. The van der Waals surface area contributed by atoms with E-state index in [2.05, 4.69) is 25.6 Å². The normalized spacial score (nSPS) is 17.2. The zero-order chi connectivity index (χ0) is 28.2. The number of halogens is 2. The molecule has 5 rings (SSSR count). The summed E-state index contributed by atoms with van der Waals surface area (Å²) in [6, 6.07) is 10.3. The van der Waals surface area contributed by atoms with Gasteiger partial charge in [-0.25, -0.2) is 19.4 Å². The van der Waals surface area contributed by atoms with Crippen LogP contribution in [0.25, 0.3) is 16.9 Å². The van der Waals surface area contributed by atoms with Crippen LogP contribution in [-0.4, -0.2) is 68.7 Å². The molecule has 1 saturated heterocycles. The van der Waals surface area contributed by atoms with Crippen LogP contribution >= 0.6 is 0 Å². The number of hydrogen-bond acceptors (Lipinski definition) is 8. The Labute approximate surface area is 229 Å². The fourth-order valence-corrected chi connectivity index (χ4v) is 4.49. The second-order valence-corrected chi connectivity index (χ2v) is 9.25. The van der Waals surface area contributed by atoms with Gasteiger partial charge < -0.3 is 10.1 Å². The summed E-state index contributed by atoms with van der Waals surface area (Å²) in [5, 5.41) is 12.1. The minimum absolute atomic E-state index is 0.211. The molecule has 0 radical (unpaired) electrons. The van der Waals surface area contributed by atoms with Gasteiger partial charge in [0.05, 0.1) is 18.3 Å². The number of nitrogens with zero attached hydrogens (tertiary/aromatic N) is 6. The lowest BCUT2D eigenvalue weighted by molar-refractivity contribution is -0.154. The number of carbonyl (C=O) groups is 1. The SMILES string of the molecule is COCCN1C[C@H](NC(=O)Nc2c(C)c(-c3cnc(C)nc3)nn2-c2ccccc2)[C@@H](c2cc(F)nc(F)c2)O1. The van der Waals surface area contributed by atoms with E-state index < -0.39 is 30.1 Å². The molecule has 1 aromatic carbocycles. The Morgan fingerprint density at radius 2 is 1.82 bits per heavy atom. The lowest BCUT2D eigenvalue weighted by atomic mass is 10.0. The highest BCUT2D eigenvalue weighted by Crippen LogP contribution is 2.32. The van der Waals surface area contributed by atoms with Crippen LogP contribution in [0.5, 0.6) is 0 Å². The number of hydrogen-bond donors (Lipinski definition) is 2.